The van der Waals surface area contributed by atoms with Crippen molar-refractivity contribution in [3.8, 4) is 11.3 Å². The number of anilines is 3. The molecule has 0 saturated carbocycles. The Kier molecular flexibility index (Phi) is 9.06. The monoisotopic (exact) mass is 559 g/mol. The van der Waals surface area contributed by atoms with Crippen molar-refractivity contribution in [2.24, 2.45) is 11.8 Å². The van der Waals surface area contributed by atoms with Gasteiger partial charge in [-0.15, -0.1) is 0 Å². The number of hydrogen-bond acceptors (Lipinski definition) is 10. The van der Waals surface area contributed by atoms with Crippen molar-refractivity contribution in [2.75, 3.05) is 56.8 Å². The Morgan fingerprint density at radius 3 is 2.20 bits per heavy atom. The van der Waals surface area contributed by atoms with Gasteiger partial charge in [0, 0.05) is 23.7 Å². The van der Waals surface area contributed by atoms with Crippen LogP contribution in [0.5, 0.6) is 0 Å². The minimum atomic E-state index is -4.62. The van der Waals surface area contributed by atoms with Crippen LogP contribution in [0.25, 0.3) is 22.3 Å². The highest BCUT2D eigenvalue weighted by Crippen LogP contribution is 2.36. The number of hydrazine groups is 1. The fourth-order valence-electron chi connectivity index (χ4n) is 4.96. The molecule has 40 heavy (non-hydrogen) atoms. The number of nitrogen functional groups attached to an aromatic ring is 2. The van der Waals surface area contributed by atoms with Gasteiger partial charge in [-0.2, -0.15) is 13.2 Å². The van der Waals surface area contributed by atoms with Crippen LogP contribution in [0.15, 0.2) is 30.6 Å². The van der Waals surface area contributed by atoms with E-state index < -0.39 is 17.6 Å². The summed E-state index contributed by atoms with van der Waals surface area (Å²) in [5.74, 6) is 6.23. The predicted octanol–water partition coefficient (Wildman–Crippen LogP) is 3.18. The molecule has 6 N–H and O–H groups in total. The Labute approximate surface area is 231 Å². The second kappa shape index (κ2) is 12.3. The Morgan fingerprint density at radius 1 is 0.975 bits per heavy atom. The van der Waals surface area contributed by atoms with E-state index in [4.69, 9.17) is 17.3 Å². The van der Waals surface area contributed by atoms with Gasteiger partial charge in [0.15, 0.2) is 0 Å². The minimum Gasteiger partial charge on any atom is -0.396 e. The number of carbonyl (C=O) groups excluding carboxylic acids is 1. The van der Waals surface area contributed by atoms with Crippen LogP contribution in [0.1, 0.15) is 31.2 Å². The van der Waals surface area contributed by atoms with Crippen LogP contribution in [0.2, 0.25) is 0 Å². The van der Waals surface area contributed by atoms with Crippen molar-refractivity contribution in [1.29, 1.82) is 0 Å². The van der Waals surface area contributed by atoms with Gasteiger partial charge in [-0.25, -0.2) is 15.8 Å². The highest BCUT2D eigenvalue weighted by molar-refractivity contribution is 5.95. The fourth-order valence-corrected chi connectivity index (χ4v) is 4.96. The summed E-state index contributed by atoms with van der Waals surface area (Å²) < 4.78 is 39.8. The third-order valence-corrected chi connectivity index (χ3v) is 7.53. The highest BCUT2D eigenvalue weighted by atomic mass is 19.4. The van der Waals surface area contributed by atoms with Crippen LogP contribution in [0.3, 0.4) is 0 Å². The van der Waals surface area contributed by atoms with E-state index >= 15 is 0 Å². The number of fused-ring (bicyclic) bond motifs is 1. The molecular weight excluding hydrogens is 523 g/mol. The SMILES string of the molecule is CN1CCC(C=O)CC1.CN1CCC(N(N)c2c(N)cnc3ccc(-c4cnc(N)c(C(F)(F)F)c4)nc23)CC1. The van der Waals surface area contributed by atoms with Crippen molar-refractivity contribution in [1.82, 2.24) is 24.8 Å². The number of likely N-dealkylation sites (tertiary alicyclic amines) is 2. The van der Waals surface area contributed by atoms with Crippen LogP contribution < -0.4 is 22.3 Å². The summed E-state index contributed by atoms with van der Waals surface area (Å²) >= 11 is 0. The summed E-state index contributed by atoms with van der Waals surface area (Å²) in [4.78, 5) is 27.3. The number of nitrogens with zero attached hydrogens (tertiary/aromatic N) is 6. The van der Waals surface area contributed by atoms with E-state index in [0.717, 1.165) is 64.2 Å². The van der Waals surface area contributed by atoms with E-state index in [1.165, 1.54) is 12.4 Å². The lowest BCUT2D eigenvalue weighted by molar-refractivity contribution is -0.137. The molecule has 2 aliphatic rings. The van der Waals surface area contributed by atoms with Crippen molar-refractivity contribution >= 4 is 34.5 Å². The number of aromatic nitrogens is 3. The van der Waals surface area contributed by atoms with E-state index in [0.29, 0.717) is 28.3 Å². The maximum atomic E-state index is 13.3. The van der Waals surface area contributed by atoms with Crippen molar-refractivity contribution < 1.29 is 18.0 Å². The molecule has 5 rings (SSSR count). The molecule has 0 aliphatic carbocycles. The number of pyridine rings is 3. The molecule has 0 bridgehead atoms. The lowest BCUT2D eigenvalue weighted by atomic mass is 9.99. The molecule has 3 aromatic heterocycles. The fraction of sp³-hybridized carbons (Fsp3) is 0.481. The lowest BCUT2D eigenvalue weighted by Crippen LogP contribution is -2.48. The van der Waals surface area contributed by atoms with E-state index in [1.54, 1.807) is 17.1 Å². The average Bonchev–Trinajstić information content (AvgIpc) is 2.93. The number of rotatable bonds is 4. The standard InChI is InChI=1S/C20H23F3N8.C7H13NO/c1-30-6-4-12(5-7-30)31(26)18-14(24)10-27-16-3-2-15(29-17(16)18)11-8-13(20(21,22)23)19(25)28-9-11;1-8-4-2-7(6-9)3-5-8/h2-3,8-10,12H,4-7,24,26H2,1H3,(H2,25,28);6-7H,2-5H2,1H3. The minimum absolute atomic E-state index is 0.0598. The lowest BCUT2D eigenvalue weighted by Gasteiger charge is -2.36. The summed E-state index contributed by atoms with van der Waals surface area (Å²) in [5.41, 5.74) is 12.9. The molecule has 2 aliphatic heterocycles. The molecule has 0 amide bonds. The topological polar surface area (TPSA) is 144 Å². The Morgan fingerprint density at radius 2 is 1.60 bits per heavy atom. The quantitative estimate of drug-likeness (QED) is 0.248. The van der Waals surface area contributed by atoms with E-state index in [2.05, 4.69) is 38.8 Å². The number of nitrogens with two attached hydrogens (primary N) is 3. The van der Waals surface area contributed by atoms with Gasteiger partial charge in [0.1, 0.15) is 23.3 Å². The first-order chi connectivity index (χ1) is 19.0. The molecule has 0 unspecified atom stereocenters. The van der Waals surface area contributed by atoms with Gasteiger partial charge in [-0.1, -0.05) is 0 Å². The summed E-state index contributed by atoms with van der Waals surface area (Å²) in [7, 11) is 4.15. The van der Waals surface area contributed by atoms with Gasteiger partial charge in [0.25, 0.3) is 0 Å². The molecule has 13 heteroatoms. The maximum Gasteiger partial charge on any atom is 0.419 e. The summed E-state index contributed by atoms with van der Waals surface area (Å²) in [5, 5.41) is 1.62. The van der Waals surface area contributed by atoms with Crippen molar-refractivity contribution in [2.45, 2.75) is 37.9 Å². The molecule has 2 saturated heterocycles. The van der Waals surface area contributed by atoms with Gasteiger partial charge in [-0.3, -0.25) is 4.98 Å². The second-order valence-corrected chi connectivity index (χ2v) is 10.5. The van der Waals surface area contributed by atoms with E-state index in [-0.39, 0.29) is 17.3 Å². The molecule has 2 fully saturated rings. The Bertz CT molecular complexity index is 1320. The molecule has 0 spiro atoms. The van der Waals surface area contributed by atoms with E-state index in [1.807, 2.05) is 0 Å². The van der Waals surface area contributed by atoms with Crippen LogP contribution in [0.4, 0.5) is 30.4 Å². The number of hydrogen-bond donors (Lipinski definition) is 3. The highest BCUT2D eigenvalue weighted by Gasteiger charge is 2.34. The predicted molar refractivity (Wildman–Crippen MR) is 150 cm³/mol. The summed E-state index contributed by atoms with van der Waals surface area (Å²) in [6, 6.07) is 4.25. The van der Waals surface area contributed by atoms with Gasteiger partial charge >= 0.3 is 6.18 Å². The number of aldehydes is 1. The second-order valence-electron chi connectivity index (χ2n) is 10.5. The van der Waals surface area contributed by atoms with Crippen LogP contribution in [-0.4, -0.2) is 77.4 Å². The smallest absolute Gasteiger partial charge is 0.396 e. The zero-order valence-corrected chi connectivity index (χ0v) is 22.7. The van der Waals surface area contributed by atoms with Gasteiger partial charge in [0.05, 0.1) is 28.7 Å². The molecule has 10 nitrogen and oxygen atoms in total. The molecule has 5 heterocycles. The Balaban J connectivity index is 0.000000350. The molecule has 0 radical (unpaired) electrons. The third-order valence-electron chi connectivity index (χ3n) is 7.53. The molecule has 0 aromatic carbocycles. The Hall–Kier alpha value is -3.55. The summed E-state index contributed by atoms with van der Waals surface area (Å²) in [6.45, 7) is 3.97. The van der Waals surface area contributed by atoms with Gasteiger partial charge in [-0.05, 0) is 84.2 Å². The van der Waals surface area contributed by atoms with Crippen LogP contribution >= 0.6 is 0 Å². The first-order valence-corrected chi connectivity index (χ1v) is 13.2. The van der Waals surface area contributed by atoms with Gasteiger partial charge < -0.3 is 31.1 Å². The summed E-state index contributed by atoms with van der Waals surface area (Å²) in [6.07, 6.45) is 3.06. The van der Waals surface area contributed by atoms with Crippen molar-refractivity contribution in [3.05, 3.63) is 36.2 Å². The molecule has 0 atom stereocenters. The normalized spacial score (nSPS) is 17.9. The largest absolute Gasteiger partial charge is 0.419 e. The number of halogens is 3. The zero-order valence-electron chi connectivity index (χ0n) is 22.7. The first-order valence-electron chi connectivity index (χ1n) is 13.2. The third kappa shape index (κ3) is 6.77. The number of alkyl halides is 3. The first kappa shape index (κ1) is 29.4. The van der Waals surface area contributed by atoms with Crippen LogP contribution in [-0.2, 0) is 11.0 Å². The molecule has 3 aromatic rings. The number of piperidine rings is 2. The van der Waals surface area contributed by atoms with E-state index in [9.17, 15) is 18.0 Å². The van der Waals surface area contributed by atoms with Crippen LogP contribution in [0, 0.1) is 5.92 Å². The zero-order chi connectivity index (χ0) is 29.0. The molecular formula is C27H36F3N9O. The van der Waals surface area contributed by atoms with Gasteiger partial charge in [0.2, 0.25) is 0 Å². The number of carbonyl (C=O) groups is 1. The average molecular weight is 560 g/mol. The maximum absolute atomic E-state index is 13.3. The van der Waals surface area contributed by atoms with Crippen molar-refractivity contribution in [3.63, 3.8) is 0 Å². The molecule has 216 valence electrons.